The lowest BCUT2D eigenvalue weighted by atomic mass is 10.1. The Balaban J connectivity index is 2.66. The van der Waals surface area contributed by atoms with E-state index in [2.05, 4.69) is 10.6 Å². The number of hydrogen-bond acceptors (Lipinski definition) is 2. The quantitative estimate of drug-likeness (QED) is 0.728. The van der Waals surface area contributed by atoms with Gasteiger partial charge in [0.2, 0.25) is 0 Å². The number of carbonyl (C=O) groups excluding carboxylic acids is 2. The Hall–Kier alpha value is -1.80. The minimum Gasteiger partial charge on any atom is -0.347 e. The fourth-order valence-corrected chi connectivity index (χ4v) is 2.23. The standard InChI is InChI=1S/C16H21ClF3N3O2/c1-15(2,3)22-14(25)9-23(4)8-13(24)21-12-7-10(16(18,19)20)5-6-11(12)17/h5-7H,8-9H2,1-4H3,(H,21,24)(H,22,25)/p+1. The first-order valence-electron chi connectivity index (χ1n) is 7.57. The molecule has 1 atom stereocenters. The fraction of sp³-hybridized carbons (Fsp3) is 0.500. The molecule has 0 bridgehead atoms. The highest BCUT2D eigenvalue weighted by Gasteiger charge is 2.31. The molecule has 9 heteroatoms. The number of alkyl halides is 3. The largest absolute Gasteiger partial charge is 0.416 e. The van der Waals surface area contributed by atoms with Gasteiger partial charge in [-0.3, -0.25) is 9.59 Å². The molecular formula is C16H22ClF3N3O2+. The minimum absolute atomic E-state index is 0.00415. The molecule has 0 radical (unpaired) electrons. The van der Waals surface area contributed by atoms with Crippen LogP contribution in [0.5, 0.6) is 0 Å². The maximum atomic E-state index is 12.7. The summed E-state index contributed by atoms with van der Waals surface area (Å²) in [6, 6.07) is 2.70. The molecule has 0 aliphatic heterocycles. The van der Waals surface area contributed by atoms with Crippen molar-refractivity contribution >= 4 is 29.1 Å². The van der Waals surface area contributed by atoms with Crippen LogP contribution in [0.2, 0.25) is 5.02 Å². The summed E-state index contributed by atoms with van der Waals surface area (Å²) in [4.78, 5) is 24.4. The lowest BCUT2D eigenvalue weighted by Crippen LogP contribution is -3.11. The average molecular weight is 381 g/mol. The van der Waals surface area contributed by atoms with Crippen molar-refractivity contribution < 1.29 is 27.7 Å². The van der Waals surface area contributed by atoms with Crippen LogP contribution < -0.4 is 15.5 Å². The van der Waals surface area contributed by atoms with Crippen molar-refractivity contribution in [3.05, 3.63) is 28.8 Å². The van der Waals surface area contributed by atoms with Crippen LogP contribution in [0.4, 0.5) is 18.9 Å². The Kier molecular flexibility index (Phi) is 6.84. The average Bonchev–Trinajstić information content (AvgIpc) is 2.36. The van der Waals surface area contributed by atoms with Gasteiger partial charge in [0.1, 0.15) is 0 Å². The molecule has 140 valence electrons. The van der Waals surface area contributed by atoms with E-state index >= 15 is 0 Å². The molecule has 1 rings (SSSR count). The van der Waals surface area contributed by atoms with E-state index in [1.165, 1.54) is 0 Å². The van der Waals surface area contributed by atoms with Gasteiger partial charge in [0.05, 0.1) is 23.3 Å². The first-order valence-corrected chi connectivity index (χ1v) is 7.94. The molecule has 1 aromatic rings. The smallest absolute Gasteiger partial charge is 0.347 e. The topological polar surface area (TPSA) is 62.6 Å². The Morgan fingerprint density at radius 2 is 1.68 bits per heavy atom. The number of carbonyl (C=O) groups is 2. The maximum absolute atomic E-state index is 12.7. The number of hydrogen-bond donors (Lipinski definition) is 3. The molecule has 0 saturated carbocycles. The third-order valence-electron chi connectivity index (χ3n) is 3.01. The first-order chi connectivity index (χ1) is 11.3. The third-order valence-corrected chi connectivity index (χ3v) is 3.34. The van der Waals surface area contributed by atoms with Crippen molar-refractivity contribution in [3.63, 3.8) is 0 Å². The Labute approximate surface area is 149 Å². The lowest BCUT2D eigenvalue weighted by molar-refractivity contribution is -0.862. The number of amides is 2. The fourth-order valence-electron chi connectivity index (χ4n) is 2.06. The molecule has 0 aliphatic rings. The van der Waals surface area contributed by atoms with Gasteiger partial charge in [-0.15, -0.1) is 0 Å². The van der Waals surface area contributed by atoms with Gasteiger partial charge in [-0.25, -0.2) is 0 Å². The lowest BCUT2D eigenvalue weighted by Gasteiger charge is -2.21. The van der Waals surface area contributed by atoms with E-state index in [1.54, 1.807) is 7.05 Å². The summed E-state index contributed by atoms with van der Waals surface area (Å²) in [7, 11) is 1.63. The summed E-state index contributed by atoms with van der Waals surface area (Å²) in [6.45, 7) is 5.47. The van der Waals surface area contributed by atoms with Crippen LogP contribution in [0.15, 0.2) is 18.2 Å². The molecule has 25 heavy (non-hydrogen) atoms. The summed E-state index contributed by atoms with van der Waals surface area (Å²) >= 11 is 5.83. The van der Waals surface area contributed by atoms with E-state index in [-0.39, 0.29) is 35.2 Å². The van der Waals surface area contributed by atoms with E-state index in [1.807, 2.05) is 20.8 Å². The van der Waals surface area contributed by atoms with Crippen molar-refractivity contribution in [1.29, 1.82) is 0 Å². The zero-order valence-corrected chi connectivity index (χ0v) is 15.2. The van der Waals surface area contributed by atoms with Crippen molar-refractivity contribution in [2.24, 2.45) is 0 Å². The van der Waals surface area contributed by atoms with Crippen LogP contribution >= 0.6 is 11.6 Å². The number of nitrogens with one attached hydrogen (secondary N) is 3. The maximum Gasteiger partial charge on any atom is 0.416 e. The zero-order chi connectivity index (χ0) is 19.4. The molecule has 0 aliphatic carbocycles. The molecule has 0 saturated heterocycles. The van der Waals surface area contributed by atoms with E-state index in [0.717, 1.165) is 18.2 Å². The Bertz CT molecular complexity index is 642. The predicted octanol–water partition coefficient (Wildman–Crippen LogP) is 1.73. The van der Waals surface area contributed by atoms with Crippen LogP contribution in [0, 0.1) is 0 Å². The molecule has 3 N–H and O–H groups in total. The Morgan fingerprint density at radius 3 is 2.20 bits per heavy atom. The van der Waals surface area contributed by atoms with Crippen LogP contribution in [0.1, 0.15) is 26.3 Å². The second-order valence-electron chi connectivity index (χ2n) is 6.85. The number of likely N-dealkylation sites (N-methyl/N-ethyl adjacent to an activating group) is 1. The number of benzene rings is 1. The molecule has 0 spiro atoms. The van der Waals surface area contributed by atoms with Crippen LogP contribution in [-0.2, 0) is 15.8 Å². The van der Waals surface area contributed by atoms with Crippen LogP contribution in [-0.4, -0.2) is 37.5 Å². The molecule has 2 amide bonds. The number of quaternary nitrogens is 1. The Morgan fingerprint density at radius 1 is 1.12 bits per heavy atom. The molecule has 1 unspecified atom stereocenters. The van der Waals surface area contributed by atoms with Gasteiger partial charge in [-0.1, -0.05) is 11.6 Å². The second kappa shape index (κ2) is 8.05. The predicted molar refractivity (Wildman–Crippen MR) is 89.6 cm³/mol. The normalized spacial score (nSPS) is 13.3. The van der Waals surface area contributed by atoms with E-state index < -0.39 is 17.6 Å². The van der Waals surface area contributed by atoms with E-state index in [0.29, 0.717) is 4.90 Å². The molecule has 0 heterocycles. The molecular weight excluding hydrogens is 359 g/mol. The van der Waals surface area contributed by atoms with Gasteiger partial charge in [-0.05, 0) is 39.0 Å². The van der Waals surface area contributed by atoms with Crippen molar-refractivity contribution in [2.45, 2.75) is 32.5 Å². The van der Waals surface area contributed by atoms with Crippen LogP contribution in [0.25, 0.3) is 0 Å². The summed E-state index contributed by atoms with van der Waals surface area (Å²) in [6.07, 6.45) is -4.53. The molecule has 0 fully saturated rings. The third kappa shape index (κ3) is 7.74. The SMILES string of the molecule is C[NH+](CC(=O)Nc1cc(C(F)(F)F)ccc1Cl)CC(=O)NC(C)(C)C. The second-order valence-corrected chi connectivity index (χ2v) is 7.26. The van der Waals surface area contributed by atoms with Crippen molar-refractivity contribution in [2.75, 3.05) is 25.5 Å². The van der Waals surface area contributed by atoms with Crippen LogP contribution in [0.3, 0.4) is 0 Å². The van der Waals surface area contributed by atoms with E-state index in [4.69, 9.17) is 11.6 Å². The van der Waals surface area contributed by atoms with Gasteiger partial charge in [0.25, 0.3) is 11.8 Å². The van der Waals surface area contributed by atoms with Gasteiger partial charge in [0.15, 0.2) is 13.1 Å². The summed E-state index contributed by atoms with van der Waals surface area (Å²) < 4.78 is 38.2. The van der Waals surface area contributed by atoms with Crippen molar-refractivity contribution in [3.8, 4) is 0 Å². The highest BCUT2D eigenvalue weighted by molar-refractivity contribution is 6.33. The summed E-state index contributed by atoms with van der Waals surface area (Å²) in [5.41, 5.74) is -1.41. The van der Waals surface area contributed by atoms with Gasteiger partial charge < -0.3 is 15.5 Å². The zero-order valence-electron chi connectivity index (χ0n) is 14.5. The highest BCUT2D eigenvalue weighted by atomic mass is 35.5. The van der Waals surface area contributed by atoms with Gasteiger partial charge in [-0.2, -0.15) is 13.2 Å². The summed E-state index contributed by atoms with van der Waals surface area (Å²) in [5, 5.41) is 5.12. The minimum atomic E-state index is -4.53. The van der Waals surface area contributed by atoms with Crippen molar-refractivity contribution in [1.82, 2.24) is 5.32 Å². The first kappa shape index (κ1) is 21.2. The molecule has 0 aromatic heterocycles. The van der Waals surface area contributed by atoms with Gasteiger partial charge in [0, 0.05) is 5.54 Å². The molecule has 5 nitrogen and oxygen atoms in total. The highest BCUT2D eigenvalue weighted by Crippen LogP contribution is 2.33. The van der Waals surface area contributed by atoms with Gasteiger partial charge >= 0.3 is 6.18 Å². The number of halogens is 4. The number of rotatable bonds is 5. The monoisotopic (exact) mass is 380 g/mol. The van der Waals surface area contributed by atoms with E-state index in [9.17, 15) is 22.8 Å². The number of anilines is 1. The molecule has 1 aromatic carbocycles. The summed E-state index contributed by atoms with van der Waals surface area (Å²) in [5.74, 6) is -0.766.